The van der Waals surface area contributed by atoms with Crippen LogP contribution in [-0.4, -0.2) is 25.1 Å². The minimum absolute atomic E-state index is 0.236. The van der Waals surface area contributed by atoms with Gasteiger partial charge in [0.15, 0.2) is 11.4 Å². The summed E-state index contributed by atoms with van der Waals surface area (Å²) in [4.78, 5) is 13.4. The molecule has 0 bridgehead atoms. The van der Waals surface area contributed by atoms with Gasteiger partial charge in [0, 0.05) is 23.1 Å². The van der Waals surface area contributed by atoms with E-state index in [2.05, 4.69) is 13.8 Å². The van der Waals surface area contributed by atoms with Gasteiger partial charge in [-0.1, -0.05) is 38.1 Å². The predicted octanol–water partition coefficient (Wildman–Crippen LogP) is 3.24. The van der Waals surface area contributed by atoms with E-state index in [4.69, 9.17) is 9.47 Å². The number of carbonyl (C=O) groups excluding carboxylic acids is 1. The molecule has 0 saturated heterocycles. The zero-order valence-corrected chi connectivity index (χ0v) is 14.9. The number of carbonyl (C=O) groups is 1. The van der Waals surface area contributed by atoms with Crippen LogP contribution < -0.4 is 9.47 Å². The van der Waals surface area contributed by atoms with Gasteiger partial charge in [-0.05, 0) is 29.0 Å². The predicted molar refractivity (Wildman–Crippen MR) is 94.4 cm³/mol. The minimum atomic E-state index is -1.51. The van der Waals surface area contributed by atoms with Gasteiger partial charge in [-0.25, -0.2) is 0 Å². The summed E-state index contributed by atoms with van der Waals surface area (Å²) in [6.07, 6.45) is 0.576. The summed E-state index contributed by atoms with van der Waals surface area (Å²) >= 11 is 0. The lowest BCUT2D eigenvalue weighted by Crippen LogP contribution is -2.49. The van der Waals surface area contributed by atoms with Crippen LogP contribution in [0.5, 0.6) is 11.5 Å². The lowest BCUT2D eigenvalue weighted by molar-refractivity contribution is -0.0181. The van der Waals surface area contributed by atoms with Gasteiger partial charge in [-0.15, -0.1) is 0 Å². The Kier molecular flexibility index (Phi) is 3.29. The van der Waals surface area contributed by atoms with Gasteiger partial charge in [-0.3, -0.25) is 4.79 Å². The Morgan fingerprint density at radius 1 is 1.08 bits per heavy atom. The lowest BCUT2D eigenvalue weighted by Gasteiger charge is -2.40. The normalized spacial score (nSPS) is 25.8. The van der Waals surface area contributed by atoms with E-state index in [1.807, 2.05) is 24.3 Å². The Balaban J connectivity index is 2.00. The molecule has 1 N–H and O–H groups in total. The van der Waals surface area contributed by atoms with Crippen LogP contribution in [0.15, 0.2) is 36.4 Å². The van der Waals surface area contributed by atoms with E-state index in [1.54, 1.807) is 26.4 Å². The molecule has 0 radical (unpaired) electrons. The molecule has 4 rings (SSSR count). The first kappa shape index (κ1) is 16.2. The molecular weight excluding hydrogens is 316 g/mol. The van der Waals surface area contributed by atoms with Gasteiger partial charge in [0.25, 0.3) is 0 Å². The van der Waals surface area contributed by atoms with Crippen LogP contribution in [0.25, 0.3) is 0 Å². The van der Waals surface area contributed by atoms with Crippen LogP contribution in [0.2, 0.25) is 0 Å². The molecule has 0 aromatic heterocycles. The fraction of sp³-hybridized carbons (Fsp3) is 0.381. The first-order valence-electron chi connectivity index (χ1n) is 8.47. The highest BCUT2D eigenvalue weighted by Crippen LogP contribution is 2.58. The number of fused-ring (bicyclic) bond motifs is 4. The Morgan fingerprint density at radius 3 is 2.40 bits per heavy atom. The topological polar surface area (TPSA) is 55.8 Å². The van der Waals surface area contributed by atoms with E-state index < -0.39 is 5.60 Å². The average molecular weight is 338 g/mol. The molecule has 4 nitrogen and oxygen atoms in total. The lowest BCUT2D eigenvalue weighted by atomic mass is 9.65. The van der Waals surface area contributed by atoms with Crippen molar-refractivity contribution in [2.45, 2.75) is 31.3 Å². The van der Waals surface area contributed by atoms with Crippen LogP contribution in [0.4, 0.5) is 0 Å². The van der Waals surface area contributed by atoms with Gasteiger partial charge in [0.2, 0.25) is 0 Å². The molecule has 25 heavy (non-hydrogen) atoms. The number of hydrogen-bond acceptors (Lipinski definition) is 4. The Morgan fingerprint density at radius 2 is 1.76 bits per heavy atom. The number of rotatable bonds is 2. The molecule has 4 heteroatoms. The Labute approximate surface area is 147 Å². The van der Waals surface area contributed by atoms with E-state index in [0.717, 1.165) is 16.7 Å². The van der Waals surface area contributed by atoms with Crippen LogP contribution in [0.1, 0.15) is 40.9 Å². The van der Waals surface area contributed by atoms with Crippen molar-refractivity contribution in [3.63, 3.8) is 0 Å². The molecule has 2 unspecified atom stereocenters. The van der Waals surface area contributed by atoms with Gasteiger partial charge in [0.05, 0.1) is 14.2 Å². The fourth-order valence-corrected chi connectivity index (χ4v) is 4.70. The molecule has 0 spiro atoms. The van der Waals surface area contributed by atoms with Crippen LogP contribution in [0, 0.1) is 5.92 Å². The second kappa shape index (κ2) is 5.09. The largest absolute Gasteiger partial charge is 0.497 e. The summed E-state index contributed by atoms with van der Waals surface area (Å²) in [6.45, 7) is 4.20. The SMILES string of the molecule is COc1cc(OC)c2c(c1)C(=O)C1(O)c3ccccc3C(C)(C)C1C2. The summed E-state index contributed by atoms with van der Waals surface area (Å²) in [5, 5.41) is 11.6. The Bertz CT molecular complexity index is 883. The van der Waals surface area contributed by atoms with Crippen molar-refractivity contribution in [2.24, 2.45) is 5.92 Å². The van der Waals surface area contributed by atoms with Gasteiger partial charge >= 0.3 is 0 Å². The third-order valence-electron chi connectivity index (χ3n) is 6.04. The van der Waals surface area contributed by atoms with E-state index in [0.29, 0.717) is 23.5 Å². The van der Waals surface area contributed by atoms with Crippen LogP contribution >= 0.6 is 0 Å². The number of ketones is 1. The molecule has 0 aliphatic heterocycles. The van der Waals surface area contributed by atoms with E-state index >= 15 is 0 Å². The van der Waals surface area contributed by atoms with Crippen molar-refractivity contribution in [1.82, 2.24) is 0 Å². The van der Waals surface area contributed by atoms with Crippen LogP contribution in [-0.2, 0) is 17.4 Å². The molecule has 2 aliphatic rings. The zero-order chi connectivity index (χ0) is 18.0. The van der Waals surface area contributed by atoms with Crippen molar-refractivity contribution < 1.29 is 19.4 Å². The number of methoxy groups -OCH3 is 2. The highest BCUT2D eigenvalue weighted by atomic mass is 16.5. The summed E-state index contributed by atoms with van der Waals surface area (Å²) in [5.41, 5.74) is 1.28. The van der Waals surface area contributed by atoms with Gasteiger partial charge in [0.1, 0.15) is 11.5 Å². The third-order valence-corrected chi connectivity index (χ3v) is 6.04. The number of benzene rings is 2. The molecule has 2 atom stereocenters. The third kappa shape index (κ3) is 1.89. The fourth-order valence-electron chi connectivity index (χ4n) is 4.70. The number of hydrogen-bond donors (Lipinski definition) is 1. The second-order valence-corrected chi connectivity index (χ2v) is 7.48. The summed E-state index contributed by atoms with van der Waals surface area (Å²) in [7, 11) is 3.15. The standard InChI is InChI=1S/C21H22O4/c1-20(2)15-7-5-6-8-16(15)21(23)18(20)11-13-14(19(21)22)9-12(24-3)10-17(13)25-4/h5-10,18,23H,11H2,1-4H3. The summed E-state index contributed by atoms with van der Waals surface area (Å²) in [5.74, 6) is 0.682. The molecular formula is C21H22O4. The molecule has 0 heterocycles. The average Bonchev–Trinajstić information content (AvgIpc) is 2.80. The second-order valence-electron chi connectivity index (χ2n) is 7.48. The molecule has 0 saturated carbocycles. The molecule has 130 valence electrons. The molecule has 2 aromatic carbocycles. The minimum Gasteiger partial charge on any atom is -0.497 e. The van der Waals surface area contributed by atoms with E-state index in [1.165, 1.54) is 0 Å². The van der Waals surface area contributed by atoms with Crippen molar-refractivity contribution in [2.75, 3.05) is 14.2 Å². The molecule has 2 aromatic rings. The number of ether oxygens (including phenoxy) is 2. The maximum absolute atomic E-state index is 13.4. The van der Waals surface area contributed by atoms with Crippen molar-refractivity contribution in [3.8, 4) is 11.5 Å². The number of Topliss-reactive ketones (excluding diaryl/α,β-unsaturated/α-hetero) is 1. The van der Waals surface area contributed by atoms with E-state index in [-0.39, 0.29) is 17.1 Å². The summed E-state index contributed by atoms with van der Waals surface area (Å²) < 4.78 is 10.8. The maximum atomic E-state index is 13.4. The smallest absolute Gasteiger partial charge is 0.199 e. The molecule has 0 fully saturated rings. The first-order valence-corrected chi connectivity index (χ1v) is 8.47. The molecule has 0 amide bonds. The zero-order valence-electron chi connectivity index (χ0n) is 14.9. The highest BCUT2D eigenvalue weighted by molar-refractivity contribution is 6.07. The highest BCUT2D eigenvalue weighted by Gasteiger charge is 2.61. The van der Waals surface area contributed by atoms with Crippen molar-refractivity contribution in [3.05, 3.63) is 58.7 Å². The number of aliphatic hydroxyl groups is 1. The van der Waals surface area contributed by atoms with Gasteiger partial charge in [-0.2, -0.15) is 0 Å². The maximum Gasteiger partial charge on any atom is 0.199 e. The quantitative estimate of drug-likeness (QED) is 0.913. The van der Waals surface area contributed by atoms with Gasteiger partial charge < -0.3 is 14.6 Å². The van der Waals surface area contributed by atoms with Crippen molar-refractivity contribution in [1.29, 1.82) is 0 Å². The molecule has 2 aliphatic carbocycles. The van der Waals surface area contributed by atoms with E-state index in [9.17, 15) is 9.90 Å². The van der Waals surface area contributed by atoms with Crippen LogP contribution in [0.3, 0.4) is 0 Å². The van der Waals surface area contributed by atoms with Crippen molar-refractivity contribution >= 4 is 5.78 Å². The Hall–Kier alpha value is -2.33. The monoisotopic (exact) mass is 338 g/mol. The summed E-state index contributed by atoms with van der Waals surface area (Å²) in [6, 6.07) is 11.2. The first-order chi connectivity index (χ1) is 11.9.